The number of alkyl halides is 3. The van der Waals surface area contributed by atoms with Gasteiger partial charge in [-0.2, -0.15) is 0 Å². The smallest absolute Gasteiger partial charge is 0.403 e. The molecule has 28 heavy (non-hydrogen) atoms. The van der Waals surface area contributed by atoms with Gasteiger partial charge in [-0.15, -0.1) is 24.5 Å². The zero-order chi connectivity index (χ0) is 20.7. The van der Waals surface area contributed by atoms with Crippen molar-refractivity contribution in [1.82, 2.24) is 4.98 Å². The maximum absolute atomic E-state index is 13.2. The summed E-state index contributed by atoms with van der Waals surface area (Å²) in [5.74, 6) is -0.305. The zero-order valence-electron chi connectivity index (χ0n) is 16.2. The Hall–Kier alpha value is -1.93. The van der Waals surface area contributed by atoms with Gasteiger partial charge in [-0.3, -0.25) is 4.99 Å². The van der Waals surface area contributed by atoms with Crippen LogP contribution in [-0.4, -0.2) is 22.2 Å². The van der Waals surface area contributed by atoms with E-state index in [4.69, 9.17) is 0 Å². The minimum absolute atomic E-state index is 0.105. The highest BCUT2D eigenvalue weighted by molar-refractivity contribution is 7.07. The lowest BCUT2D eigenvalue weighted by Gasteiger charge is -2.22. The topological polar surface area (TPSA) is 54.7 Å². The van der Waals surface area contributed by atoms with E-state index >= 15 is 0 Å². The summed E-state index contributed by atoms with van der Waals surface area (Å²) in [7, 11) is 0. The van der Waals surface area contributed by atoms with Gasteiger partial charge in [0.2, 0.25) is 0 Å². The van der Waals surface area contributed by atoms with Crippen molar-refractivity contribution < 1.29 is 23.0 Å². The standard InChI is InChI=1S/C20H23F3N2O2S/c1-5-11(2)13(4)25-17-12(3)14(16-9-28-10-24-16)8-15(19(26)6-7-19)18(17)27-20(21,22)23/h8-11,26H,5-7H2,1-4H3/b25-13-. The van der Waals surface area contributed by atoms with Gasteiger partial charge in [0.25, 0.3) is 0 Å². The van der Waals surface area contributed by atoms with Gasteiger partial charge in [0, 0.05) is 22.2 Å². The SMILES string of the molecule is CCC(C)/C(C)=N\c1c(C)c(-c2cscn2)cc(C2(O)CC2)c1OC(F)(F)F. The number of benzene rings is 1. The molecule has 1 saturated carbocycles. The second-order valence-corrected chi connectivity index (χ2v) is 8.01. The Kier molecular flexibility index (Phi) is 5.55. The third-order valence-corrected chi connectivity index (χ3v) is 5.86. The van der Waals surface area contributed by atoms with Crippen LogP contribution in [0.4, 0.5) is 18.9 Å². The highest BCUT2D eigenvalue weighted by Crippen LogP contribution is 2.54. The molecule has 0 radical (unpaired) electrons. The number of aliphatic imine (C=N–C) groups is 1. The van der Waals surface area contributed by atoms with E-state index in [9.17, 15) is 18.3 Å². The van der Waals surface area contributed by atoms with Crippen LogP contribution in [0.3, 0.4) is 0 Å². The van der Waals surface area contributed by atoms with E-state index in [1.165, 1.54) is 11.3 Å². The average molecular weight is 412 g/mol. The summed E-state index contributed by atoms with van der Waals surface area (Å²) < 4.78 is 44.1. The van der Waals surface area contributed by atoms with Gasteiger partial charge in [0.05, 0.1) is 16.8 Å². The molecule has 2 aromatic rings. The molecule has 0 aliphatic heterocycles. The lowest BCUT2D eigenvalue weighted by Crippen LogP contribution is -2.21. The molecule has 4 nitrogen and oxygen atoms in total. The molecule has 1 aromatic carbocycles. The first-order chi connectivity index (χ1) is 13.1. The molecule has 1 aliphatic rings. The van der Waals surface area contributed by atoms with E-state index in [-0.39, 0.29) is 17.2 Å². The molecule has 1 heterocycles. The van der Waals surface area contributed by atoms with E-state index in [1.54, 1.807) is 25.4 Å². The van der Waals surface area contributed by atoms with Gasteiger partial charge in [-0.25, -0.2) is 4.98 Å². The fourth-order valence-electron chi connectivity index (χ4n) is 3.02. The molecule has 1 aromatic heterocycles. The number of hydrogen-bond donors (Lipinski definition) is 1. The summed E-state index contributed by atoms with van der Waals surface area (Å²) in [5.41, 5.74) is 3.11. The third-order valence-electron chi connectivity index (χ3n) is 5.27. The number of rotatable bonds is 6. The number of aromatic nitrogens is 1. The largest absolute Gasteiger partial charge is 0.573 e. The Bertz CT molecular complexity index is 888. The second kappa shape index (κ2) is 7.48. The van der Waals surface area contributed by atoms with Gasteiger partial charge in [0.1, 0.15) is 5.69 Å². The van der Waals surface area contributed by atoms with Crippen molar-refractivity contribution in [2.45, 2.75) is 58.9 Å². The van der Waals surface area contributed by atoms with Gasteiger partial charge in [0.15, 0.2) is 5.75 Å². The van der Waals surface area contributed by atoms with Crippen molar-refractivity contribution in [2.75, 3.05) is 0 Å². The molecule has 0 saturated heterocycles. The first-order valence-corrected chi connectivity index (χ1v) is 10.1. The van der Waals surface area contributed by atoms with Crippen LogP contribution in [0.25, 0.3) is 11.3 Å². The van der Waals surface area contributed by atoms with Gasteiger partial charge in [-0.05, 0) is 50.7 Å². The predicted octanol–water partition coefficient (Wildman–Crippen LogP) is 6.14. The van der Waals surface area contributed by atoms with Crippen LogP contribution in [0.5, 0.6) is 5.75 Å². The van der Waals surface area contributed by atoms with E-state index in [0.29, 0.717) is 35.4 Å². The lowest BCUT2D eigenvalue weighted by molar-refractivity contribution is -0.274. The van der Waals surface area contributed by atoms with Crippen LogP contribution < -0.4 is 4.74 Å². The maximum Gasteiger partial charge on any atom is 0.573 e. The second-order valence-electron chi connectivity index (χ2n) is 7.29. The molecule has 8 heteroatoms. The summed E-state index contributed by atoms with van der Waals surface area (Å²) in [4.78, 5) is 8.83. The van der Waals surface area contributed by atoms with Crippen molar-refractivity contribution in [1.29, 1.82) is 0 Å². The highest BCUT2D eigenvalue weighted by atomic mass is 32.1. The first kappa shape index (κ1) is 20.8. The molecule has 0 bridgehead atoms. The maximum atomic E-state index is 13.2. The molecule has 1 fully saturated rings. The molecular weight excluding hydrogens is 389 g/mol. The summed E-state index contributed by atoms with van der Waals surface area (Å²) >= 11 is 1.39. The Balaban J connectivity index is 2.30. The van der Waals surface area contributed by atoms with Crippen molar-refractivity contribution in [3.63, 3.8) is 0 Å². The summed E-state index contributed by atoms with van der Waals surface area (Å²) in [6.07, 6.45) is -3.31. The number of thiazole rings is 1. The normalized spacial score (nSPS) is 17.5. The van der Waals surface area contributed by atoms with Crippen LogP contribution in [0, 0.1) is 12.8 Å². The molecule has 1 atom stereocenters. The molecule has 1 unspecified atom stereocenters. The number of nitrogens with zero attached hydrogens (tertiary/aromatic N) is 2. The van der Waals surface area contributed by atoms with Crippen LogP contribution in [0.1, 0.15) is 51.2 Å². The Labute approximate surface area is 166 Å². The van der Waals surface area contributed by atoms with E-state index in [2.05, 4.69) is 14.7 Å². The minimum atomic E-state index is -4.89. The quantitative estimate of drug-likeness (QED) is 0.580. The molecule has 152 valence electrons. The Morgan fingerprint density at radius 2 is 2.11 bits per heavy atom. The van der Waals surface area contributed by atoms with Crippen molar-refractivity contribution in [3.05, 3.63) is 28.1 Å². The molecule has 0 spiro atoms. The summed E-state index contributed by atoms with van der Waals surface area (Å²) in [6.45, 7) is 7.47. The van der Waals surface area contributed by atoms with Crippen LogP contribution in [0.15, 0.2) is 21.9 Å². The average Bonchev–Trinajstić information content (AvgIpc) is 3.14. The monoisotopic (exact) mass is 412 g/mol. The number of aliphatic hydroxyl groups is 1. The van der Waals surface area contributed by atoms with Crippen LogP contribution in [-0.2, 0) is 5.60 Å². The molecular formula is C20H23F3N2O2S. The molecule has 1 N–H and O–H groups in total. The number of ether oxygens (including phenoxy) is 1. The number of hydrogen-bond acceptors (Lipinski definition) is 5. The Morgan fingerprint density at radius 3 is 2.61 bits per heavy atom. The van der Waals surface area contributed by atoms with Crippen molar-refractivity contribution in [3.8, 4) is 17.0 Å². The fourth-order valence-corrected chi connectivity index (χ4v) is 3.58. The van der Waals surface area contributed by atoms with Gasteiger partial charge in [-0.1, -0.05) is 13.8 Å². The number of halogens is 3. The van der Waals surface area contributed by atoms with Gasteiger partial charge >= 0.3 is 6.36 Å². The fraction of sp³-hybridized carbons (Fsp3) is 0.500. The first-order valence-electron chi connectivity index (χ1n) is 9.15. The molecule has 1 aliphatic carbocycles. The highest BCUT2D eigenvalue weighted by Gasteiger charge is 2.47. The van der Waals surface area contributed by atoms with Crippen LogP contribution >= 0.6 is 11.3 Å². The van der Waals surface area contributed by atoms with E-state index in [1.807, 2.05) is 19.2 Å². The van der Waals surface area contributed by atoms with Crippen molar-refractivity contribution in [2.24, 2.45) is 10.9 Å². The van der Waals surface area contributed by atoms with E-state index in [0.717, 1.165) is 6.42 Å². The van der Waals surface area contributed by atoms with Crippen molar-refractivity contribution >= 4 is 22.7 Å². The minimum Gasteiger partial charge on any atom is -0.403 e. The zero-order valence-corrected chi connectivity index (χ0v) is 17.0. The summed E-state index contributed by atoms with van der Waals surface area (Å²) in [5, 5.41) is 12.5. The Morgan fingerprint density at radius 1 is 1.43 bits per heavy atom. The molecule has 3 rings (SSSR count). The van der Waals surface area contributed by atoms with E-state index < -0.39 is 17.7 Å². The molecule has 0 amide bonds. The van der Waals surface area contributed by atoms with Crippen LogP contribution in [0.2, 0.25) is 0 Å². The summed E-state index contributed by atoms with van der Waals surface area (Å²) in [6, 6.07) is 1.57. The third kappa shape index (κ3) is 4.22. The van der Waals surface area contributed by atoms with Gasteiger partial charge < -0.3 is 9.84 Å². The lowest BCUT2D eigenvalue weighted by atomic mass is 9.95. The predicted molar refractivity (Wildman–Crippen MR) is 104 cm³/mol.